The van der Waals surface area contributed by atoms with Gasteiger partial charge in [-0.15, -0.1) is 0 Å². The van der Waals surface area contributed by atoms with Crippen molar-refractivity contribution in [3.05, 3.63) is 29.8 Å². The van der Waals surface area contributed by atoms with Crippen LogP contribution in [-0.4, -0.2) is 21.3 Å². The third-order valence-corrected chi connectivity index (χ3v) is 1.09. The van der Waals surface area contributed by atoms with Gasteiger partial charge in [-0.2, -0.15) is 0 Å². The highest BCUT2D eigenvalue weighted by atomic mass is 16.4. The fourth-order valence-corrected chi connectivity index (χ4v) is 0.663. The lowest BCUT2D eigenvalue weighted by molar-refractivity contribution is -0.132. The Bertz CT molecular complexity index is 243. The van der Waals surface area contributed by atoms with Crippen LogP contribution in [0.25, 0.3) is 0 Å². The maximum atomic E-state index is 10.3. The van der Waals surface area contributed by atoms with E-state index in [2.05, 4.69) is 5.32 Å². The molecule has 1 aliphatic rings. The Morgan fingerprint density at radius 2 is 2.00 bits per heavy atom. The molecule has 11 heavy (non-hydrogen) atoms. The molecular formula is C6H6NO4. The number of nitrogens with one attached hydrogen (secondary N) is 1. The van der Waals surface area contributed by atoms with Gasteiger partial charge in [-0.1, -0.05) is 0 Å². The molecule has 59 valence electrons. The first-order valence-corrected chi connectivity index (χ1v) is 2.78. The van der Waals surface area contributed by atoms with Crippen LogP contribution in [0.4, 0.5) is 0 Å². The van der Waals surface area contributed by atoms with Crippen LogP contribution in [0.2, 0.25) is 0 Å². The Hall–Kier alpha value is -1.49. The fourth-order valence-electron chi connectivity index (χ4n) is 0.663. The standard InChI is InChI=1S/C6H6NO4/c8-4-1-3(6(10)11)2-5(9)7-4/h1-2,7-9H,(H,10,11). The number of rotatable bonds is 1. The van der Waals surface area contributed by atoms with Crippen LogP contribution in [-0.2, 0) is 4.79 Å². The molecule has 0 saturated carbocycles. The first-order chi connectivity index (χ1) is 5.09. The highest BCUT2D eigenvalue weighted by molar-refractivity contribution is 5.90. The lowest BCUT2D eigenvalue weighted by Gasteiger charge is -2.12. The van der Waals surface area contributed by atoms with Crippen LogP contribution >= 0.6 is 0 Å². The second-order valence-electron chi connectivity index (χ2n) is 1.94. The number of hydrogen-bond acceptors (Lipinski definition) is 4. The van der Waals surface area contributed by atoms with Crippen molar-refractivity contribution in [2.24, 2.45) is 0 Å². The average molecular weight is 156 g/mol. The van der Waals surface area contributed by atoms with Crippen LogP contribution in [0.15, 0.2) is 23.6 Å². The predicted molar refractivity (Wildman–Crippen MR) is 34.7 cm³/mol. The number of carboxylic acid groups (broad SMARTS) is 1. The molecule has 0 aliphatic carbocycles. The molecule has 5 nitrogen and oxygen atoms in total. The molecule has 0 atom stereocenters. The van der Waals surface area contributed by atoms with Crippen LogP contribution < -0.4 is 5.32 Å². The minimum absolute atomic E-state index is 0.168. The molecule has 1 radical (unpaired) electrons. The summed E-state index contributed by atoms with van der Waals surface area (Å²) in [6.45, 7) is 0. The van der Waals surface area contributed by atoms with E-state index in [1.165, 1.54) is 0 Å². The van der Waals surface area contributed by atoms with Crippen LogP contribution in [0.3, 0.4) is 0 Å². The molecule has 0 fully saturated rings. The average Bonchev–Trinajstić information content (AvgIpc) is 1.85. The number of dihydropyridines is 1. The van der Waals surface area contributed by atoms with Crippen molar-refractivity contribution in [1.82, 2.24) is 5.32 Å². The van der Waals surface area contributed by atoms with Crippen molar-refractivity contribution < 1.29 is 20.1 Å². The Kier molecular flexibility index (Phi) is 1.82. The van der Waals surface area contributed by atoms with Gasteiger partial charge in [0.25, 0.3) is 0 Å². The van der Waals surface area contributed by atoms with Crippen LogP contribution in [0.5, 0.6) is 0 Å². The summed E-state index contributed by atoms with van der Waals surface area (Å²) < 4.78 is 0. The van der Waals surface area contributed by atoms with Crippen molar-refractivity contribution in [3.8, 4) is 0 Å². The summed E-state index contributed by atoms with van der Waals surface area (Å²) in [6.07, 6.45) is 1.62. The van der Waals surface area contributed by atoms with E-state index in [9.17, 15) is 4.79 Å². The zero-order chi connectivity index (χ0) is 8.43. The second kappa shape index (κ2) is 2.63. The molecule has 0 amide bonds. The van der Waals surface area contributed by atoms with E-state index in [1.807, 2.05) is 0 Å². The van der Waals surface area contributed by atoms with Gasteiger partial charge in [0, 0.05) is 6.08 Å². The zero-order valence-electron chi connectivity index (χ0n) is 5.40. The monoisotopic (exact) mass is 156 g/mol. The van der Waals surface area contributed by atoms with E-state index in [0.717, 1.165) is 12.2 Å². The minimum atomic E-state index is -1.20. The SMILES string of the molecule is O=C(O)C1=C[C](O)NC(O)=C1. The van der Waals surface area contributed by atoms with E-state index in [1.54, 1.807) is 0 Å². The Labute approximate surface area is 62.3 Å². The summed E-state index contributed by atoms with van der Waals surface area (Å²) in [7, 11) is 0. The number of aliphatic carboxylic acids is 1. The lowest BCUT2D eigenvalue weighted by atomic mass is 10.2. The third kappa shape index (κ3) is 1.71. The number of carboxylic acids is 1. The smallest absolute Gasteiger partial charge is 0.335 e. The topological polar surface area (TPSA) is 89.8 Å². The number of carbonyl (C=O) groups is 1. The lowest BCUT2D eigenvalue weighted by Crippen LogP contribution is -2.23. The summed E-state index contributed by atoms with van der Waals surface area (Å²) >= 11 is 0. The van der Waals surface area contributed by atoms with E-state index >= 15 is 0 Å². The zero-order valence-corrected chi connectivity index (χ0v) is 5.40. The fraction of sp³-hybridized carbons (Fsp3) is 0. The summed E-state index contributed by atoms with van der Waals surface area (Å²) in [4.78, 5) is 10.3. The Morgan fingerprint density at radius 3 is 2.45 bits per heavy atom. The summed E-state index contributed by atoms with van der Waals surface area (Å²) in [6, 6.07) is 0. The molecule has 4 N–H and O–H groups in total. The molecule has 1 rings (SSSR count). The van der Waals surface area contributed by atoms with Crippen molar-refractivity contribution in [2.75, 3.05) is 0 Å². The van der Waals surface area contributed by atoms with Gasteiger partial charge in [0.2, 0.25) is 6.23 Å². The molecule has 0 spiro atoms. The van der Waals surface area contributed by atoms with Gasteiger partial charge in [-0.25, -0.2) is 4.79 Å². The number of aliphatic hydroxyl groups is 2. The van der Waals surface area contributed by atoms with Crippen LogP contribution in [0.1, 0.15) is 0 Å². The van der Waals surface area contributed by atoms with Gasteiger partial charge < -0.3 is 20.6 Å². The molecule has 0 unspecified atom stereocenters. The largest absolute Gasteiger partial charge is 0.495 e. The van der Waals surface area contributed by atoms with Gasteiger partial charge in [-0.05, 0) is 6.08 Å². The normalized spacial score (nSPS) is 18.3. The number of aliphatic hydroxyl groups excluding tert-OH is 2. The van der Waals surface area contributed by atoms with Crippen molar-refractivity contribution in [2.45, 2.75) is 0 Å². The highest BCUT2D eigenvalue weighted by Gasteiger charge is 2.15. The van der Waals surface area contributed by atoms with Crippen molar-refractivity contribution >= 4 is 5.97 Å². The number of hydrogen-bond donors (Lipinski definition) is 4. The minimum Gasteiger partial charge on any atom is -0.495 e. The van der Waals surface area contributed by atoms with Gasteiger partial charge in [0.15, 0.2) is 5.88 Å². The van der Waals surface area contributed by atoms with Gasteiger partial charge in [-0.3, -0.25) is 0 Å². The first-order valence-electron chi connectivity index (χ1n) is 2.78. The molecule has 0 saturated heterocycles. The quantitative estimate of drug-likeness (QED) is 0.424. The first kappa shape index (κ1) is 7.62. The molecule has 1 aliphatic heterocycles. The summed E-state index contributed by atoms with van der Waals surface area (Å²) in [5.74, 6) is -1.59. The maximum absolute atomic E-state index is 10.3. The van der Waals surface area contributed by atoms with Crippen LogP contribution in [0, 0.1) is 6.23 Å². The van der Waals surface area contributed by atoms with E-state index in [0.29, 0.717) is 0 Å². The van der Waals surface area contributed by atoms with E-state index in [4.69, 9.17) is 15.3 Å². The highest BCUT2D eigenvalue weighted by Crippen LogP contribution is 2.10. The molecule has 0 aromatic carbocycles. The molecule has 5 heteroatoms. The predicted octanol–water partition coefficient (Wildman–Crippen LogP) is -0.138. The van der Waals surface area contributed by atoms with Gasteiger partial charge in [0.05, 0.1) is 5.57 Å². The van der Waals surface area contributed by atoms with Gasteiger partial charge >= 0.3 is 5.97 Å². The molecule has 0 aromatic heterocycles. The molecule has 1 heterocycles. The van der Waals surface area contributed by atoms with E-state index in [-0.39, 0.29) is 17.7 Å². The van der Waals surface area contributed by atoms with Crippen molar-refractivity contribution in [1.29, 1.82) is 0 Å². The Morgan fingerprint density at radius 1 is 1.36 bits per heavy atom. The van der Waals surface area contributed by atoms with E-state index < -0.39 is 5.97 Å². The van der Waals surface area contributed by atoms with Crippen molar-refractivity contribution in [3.63, 3.8) is 0 Å². The van der Waals surface area contributed by atoms with Gasteiger partial charge in [0.1, 0.15) is 0 Å². The Balaban J connectivity index is 2.87. The molecule has 0 bridgehead atoms. The maximum Gasteiger partial charge on any atom is 0.335 e. The summed E-state index contributed by atoms with van der Waals surface area (Å²) in [5.41, 5.74) is -0.168. The summed E-state index contributed by atoms with van der Waals surface area (Å²) in [5, 5.41) is 28.0. The molecule has 0 aromatic rings. The molecular weight excluding hydrogens is 150 g/mol. The second-order valence-corrected chi connectivity index (χ2v) is 1.94. The third-order valence-electron chi connectivity index (χ3n) is 1.09.